The van der Waals surface area contributed by atoms with E-state index in [9.17, 15) is 5.11 Å². The van der Waals surface area contributed by atoms with Gasteiger partial charge in [-0.15, -0.1) is 0 Å². The van der Waals surface area contributed by atoms with Gasteiger partial charge < -0.3 is 14.7 Å². The first-order chi connectivity index (χ1) is 8.22. The molecule has 4 nitrogen and oxygen atoms in total. The molecule has 2 heterocycles. The van der Waals surface area contributed by atoms with Gasteiger partial charge in [0.1, 0.15) is 5.82 Å². The van der Waals surface area contributed by atoms with Crippen LogP contribution in [-0.2, 0) is 4.74 Å². The number of aliphatic hydroxyl groups is 1. The van der Waals surface area contributed by atoms with E-state index in [1.807, 2.05) is 12.1 Å². The van der Waals surface area contributed by atoms with Crippen molar-refractivity contribution in [2.45, 2.75) is 32.4 Å². The second kappa shape index (κ2) is 5.47. The van der Waals surface area contributed by atoms with Crippen LogP contribution in [0.15, 0.2) is 18.3 Å². The molecule has 17 heavy (non-hydrogen) atoms. The predicted octanol–water partition coefficient (Wildman–Crippen LogP) is 1.75. The number of ether oxygens (including phenoxy) is 1. The van der Waals surface area contributed by atoms with Crippen LogP contribution in [0.25, 0.3) is 0 Å². The first-order valence-electron chi connectivity index (χ1n) is 6.20. The van der Waals surface area contributed by atoms with Crippen LogP contribution in [0.3, 0.4) is 0 Å². The Morgan fingerprint density at radius 3 is 3.18 bits per heavy atom. The molecule has 0 aromatic carbocycles. The van der Waals surface area contributed by atoms with Crippen LogP contribution in [0.2, 0.25) is 0 Å². The van der Waals surface area contributed by atoms with Gasteiger partial charge >= 0.3 is 0 Å². The molecule has 1 unspecified atom stereocenters. The molecule has 94 valence electrons. The maximum Gasteiger partial charge on any atom is 0.129 e. The minimum Gasteiger partial charge on any atom is -0.389 e. The molecule has 0 saturated carbocycles. The average molecular weight is 236 g/mol. The van der Waals surface area contributed by atoms with Crippen molar-refractivity contribution in [3.8, 4) is 0 Å². The first kappa shape index (κ1) is 12.3. The highest BCUT2D eigenvalue weighted by atomic mass is 16.5. The summed E-state index contributed by atoms with van der Waals surface area (Å²) in [4.78, 5) is 6.68. The number of anilines is 1. The van der Waals surface area contributed by atoms with E-state index in [0.29, 0.717) is 6.04 Å². The second-order valence-electron chi connectivity index (χ2n) is 4.45. The monoisotopic (exact) mass is 236 g/mol. The van der Waals surface area contributed by atoms with Gasteiger partial charge in [-0.3, -0.25) is 0 Å². The maximum absolute atomic E-state index is 9.60. The van der Waals surface area contributed by atoms with Gasteiger partial charge in [0.05, 0.1) is 25.4 Å². The Morgan fingerprint density at radius 2 is 2.47 bits per heavy atom. The zero-order valence-corrected chi connectivity index (χ0v) is 10.5. The van der Waals surface area contributed by atoms with E-state index in [1.54, 1.807) is 13.1 Å². The molecule has 1 aromatic heterocycles. The van der Waals surface area contributed by atoms with Crippen LogP contribution in [0.5, 0.6) is 0 Å². The summed E-state index contributed by atoms with van der Waals surface area (Å²) in [5, 5.41) is 9.60. The Kier molecular flexibility index (Phi) is 3.97. The van der Waals surface area contributed by atoms with Gasteiger partial charge in [-0.1, -0.05) is 6.92 Å². The molecule has 2 rings (SSSR count). The van der Waals surface area contributed by atoms with Crippen LogP contribution < -0.4 is 4.90 Å². The molecule has 0 spiro atoms. The van der Waals surface area contributed by atoms with E-state index >= 15 is 0 Å². The van der Waals surface area contributed by atoms with Crippen molar-refractivity contribution in [2.75, 3.05) is 24.7 Å². The predicted molar refractivity (Wildman–Crippen MR) is 67.1 cm³/mol. The van der Waals surface area contributed by atoms with Crippen LogP contribution in [-0.4, -0.2) is 35.9 Å². The van der Waals surface area contributed by atoms with Gasteiger partial charge in [-0.05, 0) is 31.0 Å². The Hall–Kier alpha value is -1.13. The van der Waals surface area contributed by atoms with Gasteiger partial charge in [0.15, 0.2) is 0 Å². The fourth-order valence-electron chi connectivity index (χ4n) is 2.15. The van der Waals surface area contributed by atoms with Crippen molar-refractivity contribution in [1.82, 2.24) is 4.98 Å². The number of aromatic nitrogens is 1. The summed E-state index contributed by atoms with van der Waals surface area (Å²) < 4.78 is 5.48. The smallest absolute Gasteiger partial charge is 0.129 e. The summed E-state index contributed by atoms with van der Waals surface area (Å²) in [7, 11) is 0. The van der Waals surface area contributed by atoms with Crippen molar-refractivity contribution < 1.29 is 9.84 Å². The van der Waals surface area contributed by atoms with E-state index in [-0.39, 0.29) is 0 Å². The molecule has 0 bridgehead atoms. The number of aliphatic hydroxyl groups excluding tert-OH is 1. The summed E-state index contributed by atoms with van der Waals surface area (Å²) >= 11 is 0. The number of rotatable bonds is 3. The Bertz CT molecular complexity index is 368. The largest absolute Gasteiger partial charge is 0.389 e. The zero-order chi connectivity index (χ0) is 12.3. The van der Waals surface area contributed by atoms with Crippen molar-refractivity contribution in [2.24, 2.45) is 0 Å². The lowest BCUT2D eigenvalue weighted by atomic mass is 10.1. The number of pyridine rings is 1. The molecule has 4 heteroatoms. The molecular formula is C13H20N2O2. The highest BCUT2D eigenvalue weighted by molar-refractivity contribution is 5.43. The van der Waals surface area contributed by atoms with Gasteiger partial charge in [-0.2, -0.15) is 0 Å². The fourth-order valence-corrected chi connectivity index (χ4v) is 2.15. The zero-order valence-electron chi connectivity index (χ0n) is 10.5. The first-order valence-corrected chi connectivity index (χ1v) is 6.20. The number of morpholine rings is 1. The summed E-state index contributed by atoms with van der Waals surface area (Å²) in [6.07, 6.45) is 2.36. The third-order valence-electron chi connectivity index (χ3n) is 3.25. The second-order valence-corrected chi connectivity index (χ2v) is 4.45. The lowest BCUT2D eigenvalue weighted by Gasteiger charge is -2.36. The minimum atomic E-state index is -0.446. The Morgan fingerprint density at radius 1 is 1.65 bits per heavy atom. The van der Waals surface area contributed by atoms with E-state index in [2.05, 4.69) is 16.8 Å². The standard InChI is InChI=1S/C13H20N2O2/c1-3-12-9-17-7-6-15(12)13-8-11(10(2)16)4-5-14-13/h4-5,8,10,12,16H,3,6-7,9H2,1-2H3/t10-,12?/m0/s1. The molecule has 1 saturated heterocycles. The van der Waals surface area contributed by atoms with Crippen LogP contribution in [0.1, 0.15) is 31.9 Å². The summed E-state index contributed by atoms with van der Waals surface area (Å²) in [5.41, 5.74) is 0.913. The quantitative estimate of drug-likeness (QED) is 0.868. The molecule has 1 fully saturated rings. The third-order valence-corrected chi connectivity index (χ3v) is 3.25. The molecule has 1 aliphatic rings. The van der Waals surface area contributed by atoms with Gasteiger partial charge in [0.2, 0.25) is 0 Å². The van der Waals surface area contributed by atoms with E-state index in [0.717, 1.165) is 37.6 Å². The fraction of sp³-hybridized carbons (Fsp3) is 0.615. The lowest BCUT2D eigenvalue weighted by Crippen LogP contribution is -2.45. The van der Waals surface area contributed by atoms with Gasteiger partial charge in [0, 0.05) is 12.7 Å². The lowest BCUT2D eigenvalue weighted by molar-refractivity contribution is 0.0925. The molecule has 1 N–H and O–H groups in total. The summed E-state index contributed by atoms with van der Waals surface area (Å²) in [5.74, 6) is 0.943. The highest BCUT2D eigenvalue weighted by Crippen LogP contribution is 2.22. The van der Waals surface area contributed by atoms with E-state index in [4.69, 9.17) is 4.74 Å². The van der Waals surface area contributed by atoms with Crippen molar-refractivity contribution in [3.05, 3.63) is 23.9 Å². The Balaban J connectivity index is 2.22. The van der Waals surface area contributed by atoms with Crippen molar-refractivity contribution in [1.29, 1.82) is 0 Å². The van der Waals surface area contributed by atoms with Crippen molar-refractivity contribution >= 4 is 5.82 Å². The van der Waals surface area contributed by atoms with Gasteiger partial charge in [0.25, 0.3) is 0 Å². The highest BCUT2D eigenvalue weighted by Gasteiger charge is 2.22. The summed E-state index contributed by atoms with van der Waals surface area (Å²) in [6.45, 7) is 6.31. The molecule has 0 radical (unpaired) electrons. The molecule has 1 aromatic rings. The molecular weight excluding hydrogens is 216 g/mol. The summed E-state index contributed by atoms with van der Waals surface area (Å²) in [6, 6.07) is 4.22. The van der Waals surface area contributed by atoms with Crippen LogP contribution >= 0.6 is 0 Å². The average Bonchev–Trinajstić information content (AvgIpc) is 2.39. The number of hydrogen-bond acceptors (Lipinski definition) is 4. The molecule has 1 aliphatic heterocycles. The van der Waals surface area contributed by atoms with E-state index in [1.165, 1.54) is 0 Å². The topological polar surface area (TPSA) is 45.6 Å². The van der Waals surface area contributed by atoms with E-state index < -0.39 is 6.10 Å². The minimum absolute atomic E-state index is 0.389. The number of hydrogen-bond donors (Lipinski definition) is 1. The molecule has 2 atom stereocenters. The third kappa shape index (κ3) is 2.76. The van der Waals surface area contributed by atoms with Crippen molar-refractivity contribution in [3.63, 3.8) is 0 Å². The maximum atomic E-state index is 9.60. The molecule has 0 amide bonds. The van der Waals surface area contributed by atoms with Crippen LogP contribution in [0.4, 0.5) is 5.82 Å². The number of nitrogens with zero attached hydrogens (tertiary/aromatic N) is 2. The molecule has 0 aliphatic carbocycles. The normalized spacial score (nSPS) is 22.5. The SMILES string of the molecule is CCC1COCCN1c1cc([C@H](C)O)ccn1. The van der Waals surface area contributed by atoms with Gasteiger partial charge in [-0.25, -0.2) is 4.98 Å². The Labute approximate surface area is 102 Å². The van der Waals surface area contributed by atoms with Crippen LogP contribution in [0, 0.1) is 0 Å².